The Kier molecular flexibility index (Phi) is 4.84. The number of aromatic nitrogens is 4. The minimum Gasteiger partial charge on any atom is -0.298 e. The molecule has 0 aromatic carbocycles. The number of likely N-dealkylation sites (tertiary alicyclic amines) is 1. The van der Waals surface area contributed by atoms with Crippen LogP contribution in [0.5, 0.6) is 0 Å². The largest absolute Gasteiger partial charge is 0.298 e. The third-order valence-electron chi connectivity index (χ3n) is 4.31. The summed E-state index contributed by atoms with van der Waals surface area (Å²) in [7, 11) is -3.27. The van der Waals surface area contributed by atoms with Crippen LogP contribution in [-0.4, -0.2) is 52.0 Å². The highest BCUT2D eigenvalue weighted by Crippen LogP contribution is 2.32. The molecule has 130 valence electrons. The average molecular weight is 368 g/mol. The van der Waals surface area contributed by atoms with Gasteiger partial charge in [0.2, 0.25) is 0 Å². The number of nitrogens with zero attached hydrogens (tertiary/aromatic N) is 5. The lowest BCUT2D eigenvalue weighted by atomic mass is 9.95. The second kappa shape index (κ2) is 6.73. The highest BCUT2D eigenvalue weighted by atomic mass is 32.2. The topological polar surface area (TPSA) is 81.0 Å². The van der Waals surface area contributed by atoms with Crippen LogP contribution >= 0.6 is 11.5 Å². The molecule has 0 N–H and O–H groups in total. The van der Waals surface area contributed by atoms with E-state index in [2.05, 4.69) is 26.2 Å². The van der Waals surface area contributed by atoms with E-state index < -0.39 is 9.84 Å². The quantitative estimate of drug-likeness (QED) is 0.803. The van der Waals surface area contributed by atoms with E-state index in [0.717, 1.165) is 55.3 Å². The fourth-order valence-electron chi connectivity index (χ4n) is 3.13. The first-order valence-electron chi connectivity index (χ1n) is 7.80. The van der Waals surface area contributed by atoms with Gasteiger partial charge in [0.05, 0.1) is 11.4 Å². The molecule has 1 fully saturated rings. The lowest BCUT2D eigenvalue weighted by Crippen LogP contribution is -2.34. The summed E-state index contributed by atoms with van der Waals surface area (Å²) in [4.78, 5) is 2.33. The molecule has 1 aliphatic rings. The molecule has 2 aromatic heterocycles. The van der Waals surface area contributed by atoms with Crippen LogP contribution in [0.25, 0.3) is 6.20 Å². The second-order valence-electron chi connectivity index (χ2n) is 6.19. The Balaban J connectivity index is 1.76. The molecule has 9 heteroatoms. The highest BCUT2D eigenvalue weighted by molar-refractivity contribution is 7.92. The van der Waals surface area contributed by atoms with Crippen molar-refractivity contribution in [1.82, 2.24) is 24.3 Å². The predicted octanol–water partition coefficient (Wildman–Crippen LogP) is 1.93. The van der Waals surface area contributed by atoms with Gasteiger partial charge in [-0.15, -0.1) is 5.10 Å². The van der Waals surface area contributed by atoms with Crippen molar-refractivity contribution < 1.29 is 8.42 Å². The second-order valence-corrected chi connectivity index (χ2v) is 9.16. The minimum absolute atomic E-state index is 0.108. The van der Waals surface area contributed by atoms with Crippen molar-refractivity contribution in [3.8, 4) is 0 Å². The summed E-state index contributed by atoms with van der Waals surface area (Å²) in [5.74, 6) is 0.108. The molecule has 24 heavy (non-hydrogen) atoms. The molecule has 1 atom stereocenters. The standard InChI is InChI=1S/C15H21N5O2S2/c1-4-20-10-13(11(2)17-20)9-19-7-5-6-12(8-19)14-15(23-18-16-14)24(3,21)22/h4,10,12H,1,5-9H2,2-3H3/t12-/m0/s1. The molecule has 0 bridgehead atoms. The van der Waals surface area contributed by atoms with Crippen molar-refractivity contribution in [2.45, 2.75) is 36.4 Å². The number of sulfone groups is 1. The van der Waals surface area contributed by atoms with Crippen molar-refractivity contribution in [3.63, 3.8) is 0 Å². The smallest absolute Gasteiger partial charge is 0.188 e. The van der Waals surface area contributed by atoms with Crippen molar-refractivity contribution in [1.29, 1.82) is 0 Å². The van der Waals surface area contributed by atoms with Crippen LogP contribution in [0.1, 0.15) is 35.7 Å². The SMILES string of the molecule is C=Cn1cc(CN2CCC[C@H](c3nnsc3S(C)(=O)=O)C2)c(C)n1. The van der Waals surface area contributed by atoms with E-state index >= 15 is 0 Å². The lowest BCUT2D eigenvalue weighted by molar-refractivity contribution is 0.197. The Morgan fingerprint density at radius 3 is 2.96 bits per heavy atom. The molecule has 0 unspecified atom stereocenters. The number of hydrogen-bond donors (Lipinski definition) is 0. The molecule has 3 rings (SSSR count). The van der Waals surface area contributed by atoms with E-state index in [1.165, 1.54) is 6.26 Å². The lowest BCUT2D eigenvalue weighted by Gasteiger charge is -2.31. The summed E-state index contributed by atoms with van der Waals surface area (Å²) in [6, 6.07) is 0. The van der Waals surface area contributed by atoms with Gasteiger partial charge >= 0.3 is 0 Å². The van der Waals surface area contributed by atoms with Gasteiger partial charge in [-0.05, 0) is 26.3 Å². The number of rotatable bonds is 5. The van der Waals surface area contributed by atoms with E-state index in [9.17, 15) is 8.42 Å². The normalized spacial score (nSPS) is 19.5. The van der Waals surface area contributed by atoms with E-state index in [0.29, 0.717) is 9.90 Å². The van der Waals surface area contributed by atoms with E-state index in [-0.39, 0.29) is 5.92 Å². The van der Waals surface area contributed by atoms with Crippen LogP contribution < -0.4 is 0 Å². The molecule has 1 aliphatic heterocycles. The van der Waals surface area contributed by atoms with Crippen molar-refractivity contribution in [2.75, 3.05) is 19.3 Å². The molecule has 0 aliphatic carbocycles. The van der Waals surface area contributed by atoms with Crippen LogP contribution in [0.15, 0.2) is 17.0 Å². The summed E-state index contributed by atoms with van der Waals surface area (Å²) in [6.45, 7) is 8.28. The maximum Gasteiger partial charge on any atom is 0.188 e. The predicted molar refractivity (Wildman–Crippen MR) is 93.6 cm³/mol. The Bertz CT molecular complexity index is 840. The third kappa shape index (κ3) is 3.57. The fourth-order valence-corrected chi connectivity index (χ4v) is 4.86. The van der Waals surface area contributed by atoms with Crippen LogP contribution in [0, 0.1) is 6.92 Å². The molecule has 2 aromatic rings. The van der Waals surface area contributed by atoms with Gasteiger partial charge in [-0.25, -0.2) is 13.1 Å². The number of piperidine rings is 1. The monoisotopic (exact) mass is 367 g/mol. The summed E-state index contributed by atoms with van der Waals surface area (Å²) >= 11 is 0.972. The summed E-state index contributed by atoms with van der Waals surface area (Å²) in [5.41, 5.74) is 2.78. The molecule has 0 amide bonds. The number of hydrogen-bond acceptors (Lipinski definition) is 7. The van der Waals surface area contributed by atoms with Gasteiger partial charge in [-0.2, -0.15) is 5.10 Å². The molecule has 0 spiro atoms. The maximum atomic E-state index is 11.9. The van der Waals surface area contributed by atoms with Gasteiger partial charge in [0, 0.05) is 54.8 Å². The zero-order valence-corrected chi connectivity index (χ0v) is 15.5. The van der Waals surface area contributed by atoms with Crippen molar-refractivity contribution >= 4 is 27.6 Å². The van der Waals surface area contributed by atoms with Gasteiger partial charge in [-0.1, -0.05) is 11.1 Å². The summed E-state index contributed by atoms with van der Waals surface area (Å²) in [5, 5.41) is 8.50. The molecule has 3 heterocycles. The van der Waals surface area contributed by atoms with Gasteiger partial charge in [0.25, 0.3) is 0 Å². The highest BCUT2D eigenvalue weighted by Gasteiger charge is 2.29. The zero-order chi connectivity index (χ0) is 17.3. The van der Waals surface area contributed by atoms with Crippen LogP contribution in [0.3, 0.4) is 0 Å². The van der Waals surface area contributed by atoms with Crippen molar-refractivity contribution in [2.24, 2.45) is 0 Å². The van der Waals surface area contributed by atoms with Gasteiger partial charge in [-0.3, -0.25) is 4.90 Å². The molecule has 0 radical (unpaired) electrons. The Labute approximate surface area is 146 Å². The zero-order valence-electron chi connectivity index (χ0n) is 13.8. The minimum atomic E-state index is -3.27. The Hall–Kier alpha value is -1.58. The molecule has 1 saturated heterocycles. The number of aryl methyl sites for hydroxylation is 1. The van der Waals surface area contributed by atoms with E-state index in [1.54, 1.807) is 10.9 Å². The van der Waals surface area contributed by atoms with E-state index in [1.807, 2.05) is 13.1 Å². The molecular formula is C15H21N5O2S2. The van der Waals surface area contributed by atoms with E-state index in [4.69, 9.17) is 0 Å². The Morgan fingerprint density at radius 2 is 2.29 bits per heavy atom. The van der Waals surface area contributed by atoms with Crippen LogP contribution in [0.4, 0.5) is 0 Å². The summed E-state index contributed by atoms with van der Waals surface area (Å²) in [6.07, 6.45) is 6.84. The maximum absolute atomic E-state index is 11.9. The van der Waals surface area contributed by atoms with Gasteiger partial charge < -0.3 is 0 Å². The first-order chi connectivity index (χ1) is 11.4. The molecule has 0 saturated carbocycles. The third-order valence-corrected chi connectivity index (χ3v) is 6.86. The van der Waals surface area contributed by atoms with Crippen molar-refractivity contribution in [3.05, 3.63) is 29.7 Å². The molecular weight excluding hydrogens is 346 g/mol. The van der Waals surface area contributed by atoms with Crippen LogP contribution in [0.2, 0.25) is 0 Å². The first kappa shape index (κ1) is 17.2. The van der Waals surface area contributed by atoms with Gasteiger partial charge in [0.15, 0.2) is 14.0 Å². The Morgan fingerprint density at radius 1 is 1.50 bits per heavy atom. The first-order valence-corrected chi connectivity index (χ1v) is 10.5. The summed E-state index contributed by atoms with van der Waals surface area (Å²) < 4.78 is 29.7. The average Bonchev–Trinajstić information content (AvgIpc) is 3.15. The fraction of sp³-hybridized carbons (Fsp3) is 0.533. The van der Waals surface area contributed by atoms with Gasteiger partial charge in [0.1, 0.15) is 0 Å². The molecule has 7 nitrogen and oxygen atoms in total. The van der Waals surface area contributed by atoms with Crippen LogP contribution in [-0.2, 0) is 16.4 Å².